The van der Waals surface area contributed by atoms with Gasteiger partial charge in [0.05, 0.1) is 25.0 Å². The Morgan fingerprint density at radius 1 is 1.40 bits per heavy atom. The highest BCUT2D eigenvalue weighted by Crippen LogP contribution is 2.27. The van der Waals surface area contributed by atoms with Gasteiger partial charge in [0.2, 0.25) is 0 Å². The van der Waals surface area contributed by atoms with Crippen LogP contribution < -0.4 is 16.0 Å². The molecule has 0 aliphatic rings. The summed E-state index contributed by atoms with van der Waals surface area (Å²) in [7, 11) is 1.65. The summed E-state index contributed by atoms with van der Waals surface area (Å²) < 4.78 is 7.32. The van der Waals surface area contributed by atoms with Gasteiger partial charge in [0.25, 0.3) is 0 Å². The van der Waals surface area contributed by atoms with Crippen LogP contribution in [-0.4, -0.2) is 16.9 Å². The highest BCUT2D eigenvalue weighted by Gasteiger charge is 2.21. The molecule has 1 atom stereocenters. The third-order valence-corrected chi connectivity index (χ3v) is 3.58. The largest absolute Gasteiger partial charge is 0.493 e. The van der Waals surface area contributed by atoms with E-state index in [1.54, 1.807) is 13.3 Å². The Kier molecular flexibility index (Phi) is 4.76. The second-order valence-corrected chi connectivity index (χ2v) is 4.76. The van der Waals surface area contributed by atoms with Crippen molar-refractivity contribution in [2.75, 3.05) is 7.11 Å². The van der Waals surface area contributed by atoms with E-state index in [2.05, 4.69) is 36.5 Å². The molecule has 1 aromatic carbocycles. The fourth-order valence-electron chi connectivity index (χ4n) is 2.43. The normalized spacial score (nSPS) is 12.4. The van der Waals surface area contributed by atoms with Crippen molar-refractivity contribution in [2.45, 2.75) is 32.9 Å². The Balaban J connectivity index is 2.33. The summed E-state index contributed by atoms with van der Waals surface area (Å²) >= 11 is 0. The van der Waals surface area contributed by atoms with E-state index in [1.165, 1.54) is 11.1 Å². The number of nitrogens with zero attached hydrogens (tertiary/aromatic N) is 2. The first-order valence-electron chi connectivity index (χ1n) is 6.81. The van der Waals surface area contributed by atoms with Gasteiger partial charge in [-0.1, -0.05) is 24.3 Å². The number of benzene rings is 1. The molecule has 0 saturated heterocycles. The molecule has 5 heteroatoms. The first kappa shape index (κ1) is 14.6. The third kappa shape index (κ3) is 2.84. The van der Waals surface area contributed by atoms with E-state index in [0.717, 1.165) is 24.4 Å². The molecule has 1 heterocycles. The highest BCUT2D eigenvalue weighted by molar-refractivity contribution is 5.32. The molecule has 3 N–H and O–H groups in total. The summed E-state index contributed by atoms with van der Waals surface area (Å²) in [6, 6.07) is 8.29. The number of aryl methyl sites for hydroxylation is 2. The number of aromatic nitrogens is 2. The van der Waals surface area contributed by atoms with E-state index in [1.807, 2.05) is 16.8 Å². The minimum Gasteiger partial charge on any atom is -0.493 e. The lowest BCUT2D eigenvalue weighted by molar-refractivity contribution is 0.391. The zero-order valence-corrected chi connectivity index (χ0v) is 12.3. The molecule has 0 aliphatic heterocycles. The summed E-state index contributed by atoms with van der Waals surface area (Å²) in [5.41, 5.74) is 6.40. The van der Waals surface area contributed by atoms with Crippen molar-refractivity contribution in [1.29, 1.82) is 0 Å². The standard InChI is InChI=1S/C15H22N4O/c1-4-19-15(14(20-3)10-17-19)13(18-16)9-12-8-6-5-7-11(12)2/h5-8,10,13,18H,4,9,16H2,1-3H3. The number of nitrogens with one attached hydrogen (secondary N) is 1. The van der Waals surface area contributed by atoms with Gasteiger partial charge in [-0.15, -0.1) is 0 Å². The van der Waals surface area contributed by atoms with Gasteiger partial charge in [-0.05, 0) is 31.4 Å². The van der Waals surface area contributed by atoms with Gasteiger partial charge in [-0.3, -0.25) is 16.0 Å². The summed E-state index contributed by atoms with van der Waals surface area (Å²) in [6.07, 6.45) is 2.53. The highest BCUT2D eigenvalue weighted by atomic mass is 16.5. The second-order valence-electron chi connectivity index (χ2n) is 4.76. The van der Waals surface area contributed by atoms with Crippen LogP contribution in [0.2, 0.25) is 0 Å². The molecule has 1 unspecified atom stereocenters. The first-order valence-corrected chi connectivity index (χ1v) is 6.81. The summed E-state index contributed by atoms with van der Waals surface area (Å²) in [6.45, 7) is 4.94. The number of rotatable bonds is 6. The Hall–Kier alpha value is -1.85. The van der Waals surface area contributed by atoms with Gasteiger partial charge in [0.15, 0.2) is 5.75 Å². The fraction of sp³-hybridized carbons (Fsp3) is 0.400. The molecule has 0 fully saturated rings. The lowest BCUT2D eigenvalue weighted by atomic mass is 9.99. The molecule has 0 amide bonds. The molecule has 0 aliphatic carbocycles. The van der Waals surface area contributed by atoms with Crippen molar-refractivity contribution in [3.05, 3.63) is 47.3 Å². The smallest absolute Gasteiger partial charge is 0.161 e. The zero-order chi connectivity index (χ0) is 14.5. The molecule has 108 valence electrons. The molecule has 2 rings (SSSR count). The molecule has 1 aromatic heterocycles. The summed E-state index contributed by atoms with van der Waals surface area (Å²) in [5.74, 6) is 6.53. The molecule has 5 nitrogen and oxygen atoms in total. The van der Waals surface area contributed by atoms with Gasteiger partial charge < -0.3 is 4.74 Å². The molecule has 20 heavy (non-hydrogen) atoms. The quantitative estimate of drug-likeness (QED) is 0.624. The molecular formula is C15H22N4O. The van der Waals surface area contributed by atoms with Gasteiger partial charge >= 0.3 is 0 Å². The molecule has 0 saturated carbocycles. The molecular weight excluding hydrogens is 252 g/mol. The van der Waals surface area contributed by atoms with Gasteiger partial charge in [-0.25, -0.2) is 0 Å². The predicted molar refractivity (Wildman–Crippen MR) is 79.4 cm³/mol. The average Bonchev–Trinajstić information content (AvgIpc) is 2.89. The Bertz CT molecular complexity index is 543. The van der Waals surface area contributed by atoms with Crippen LogP contribution in [0.3, 0.4) is 0 Å². The Morgan fingerprint density at radius 2 is 2.15 bits per heavy atom. The van der Waals surface area contributed by atoms with Crippen molar-refractivity contribution in [3.63, 3.8) is 0 Å². The maximum atomic E-state index is 5.76. The van der Waals surface area contributed by atoms with Crippen LogP contribution in [0.5, 0.6) is 5.75 Å². The van der Waals surface area contributed by atoms with Crippen LogP contribution in [0.1, 0.15) is 29.8 Å². The van der Waals surface area contributed by atoms with Crippen LogP contribution >= 0.6 is 0 Å². The zero-order valence-electron chi connectivity index (χ0n) is 12.3. The van der Waals surface area contributed by atoms with Crippen LogP contribution in [0, 0.1) is 6.92 Å². The van der Waals surface area contributed by atoms with Crippen LogP contribution in [-0.2, 0) is 13.0 Å². The second kappa shape index (κ2) is 6.54. The fourth-order valence-corrected chi connectivity index (χ4v) is 2.43. The molecule has 0 radical (unpaired) electrons. The maximum Gasteiger partial charge on any atom is 0.161 e. The molecule has 0 bridgehead atoms. The minimum atomic E-state index is -0.0338. The molecule has 2 aromatic rings. The van der Waals surface area contributed by atoms with Crippen molar-refractivity contribution in [3.8, 4) is 5.75 Å². The van der Waals surface area contributed by atoms with Crippen LogP contribution in [0.25, 0.3) is 0 Å². The van der Waals surface area contributed by atoms with E-state index in [9.17, 15) is 0 Å². The van der Waals surface area contributed by atoms with Gasteiger partial charge in [0.1, 0.15) is 0 Å². The lowest BCUT2D eigenvalue weighted by Crippen LogP contribution is -2.32. The van der Waals surface area contributed by atoms with Crippen molar-refractivity contribution < 1.29 is 4.74 Å². The van der Waals surface area contributed by atoms with E-state index >= 15 is 0 Å². The van der Waals surface area contributed by atoms with Crippen LogP contribution in [0.15, 0.2) is 30.5 Å². The number of methoxy groups -OCH3 is 1. The summed E-state index contributed by atoms with van der Waals surface area (Å²) in [5, 5.41) is 4.33. The minimum absolute atomic E-state index is 0.0338. The Labute approximate surface area is 119 Å². The number of nitrogens with two attached hydrogens (primary N) is 1. The summed E-state index contributed by atoms with van der Waals surface area (Å²) in [4.78, 5) is 0. The number of ether oxygens (including phenoxy) is 1. The number of hydrogen-bond acceptors (Lipinski definition) is 4. The van der Waals surface area contributed by atoms with Crippen molar-refractivity contribution >= 4 is 0 Å². The van der Waals surface area contributed by atoms with E-state index < -0.39 is 0 Å². The predicted octanol–water partition coefficient (Wildman–Crippen LogP) is 1.97. The van der Waals surface area contributed by atoms with Gasteiger partial charge in [0, 0.05) is 6.54 Å². The molecule has 0 spiro atoms. The maximum absolute atomic E-state index is 5.76. The topological polar surface area (TPSA) is 65.1 Å². The Morgan fingerprint density at radius 3 is 2.75 bits per heavy atom. The average molecular weight is 274 g/mol. The van der Waals surface area contributed by atoms with E-state index in [0.29, 0.717) is 0 Å². The number of hydrogen-bond donors (Lipinski definition) is 2. The van der Waals surface area contributed by atoms with Crippen LogP contribution in [0.4, 0.5) is 0 Å². The first-order chi connectivity index (χ1) is 9.71. The van der Waals surface area contributed by atoms with Gasteiger partial charge in [-0.2, -0.15) is 5.10 Å². The monoisotopic (exact) mass is 274 g/mol. The lowest BCUT2D eigenvalue weighted by Gasteiger charge is -2.19. The van der Waals surface area contributed by atoms with Crippen molar-refractivity contribution in [1.82, 2.24) is 15.2 Å². The SMILES string of the molecule is CCn1ncc(OC)c1C(Cc1ccccc1C)NN. The van der Waals surface area contributed by atoms with Crippen molar-refractivity contribution in [2.24, 2.45) is 5.84 Å². The van der Waals surface area contributed by atoms with E-state index in [-0.39, 0.29) is 6.04 Å². The number of hydrazine groups is 1. The third-order valence-electron chi connectivity index (χ3n) is 3.58. The van der Waals surface area contributed by atoms with E-state index in [4.69, 9.17) is 10.6 Å².